The maximum atomic E-state index is 12.6. The predicted octanol–water partition coefficient (Wildman–Crippen LogP) is 4.52. The summed E-state index contributed by atoms with van der Waals surface area (Å²) in [7, 11) is 3.11. The van der Waals surface area contributed by atoms with E-state index in [-0.39, 0.29) is 11.5 Å². The van der Waals surface area contributed by atoms with Crippen molar-refractivity contribution in [2.24, 2.45) is 0 Å². The van der Waals surface area contributed by atoms with Crippen LogP contribution in [-0.2, 0) is 0 Å². The summed E-state index contributed by atoms with van der Waals surface area (Å²) in [6, 6.07) is 12.6. The zero-order valence-corrected chi connectivity index (χ0v) is 15.9. The van der Waals surface area contributed by atoms with Crippen molar-refractivity contribution in [2.45, 2.75) is 5.16 Å². The van der Waals surface area contributed by atoms with E-state index in [0.717, 1.165) is 10.8 Å². The molecular weight excluding hydrogens is 372 g/mol. The van der Waals surface area contributed by atoms with Crippen LogP contribution in [0.1, 0.15) is 10.4 Å². The van der Waals surface area contributed by atoms with Crippen molar-refractivity contribution in [3.8, 4) is 17.2 Å². The van der Waals surface area contributed by atoms with Crippen molar-refractivity contribution in [2.75, 3.05) is 20.0 Å². The van der Waals surface area contributed by atoms with Crippen molar-refractivity contribution in [1.82, 2.24) is 9.55 Å². The van der Waals surface area contributed by atoms with E-state index >= 15 is 0 Å². The molecule has 0 amide bonds. The minimum atomic E-state index is -0.0415. The third kappa shape index (κ3) is 4.03. The van der Waals surface area contributed by atoms with E-state index in [1.807, 2.05) is 35.0 Å². The van der Waals surface area contributed by atoms with Gasteiger partial charge in [-0.05, 0) is 36.4 Å². The second-order valence-electron chi connectivity index (χ2n) is 5.33. The Bertz CT molecular complexity index is 909. The molecule has 3 aromatic rings. The van der Waals surface area contributed by atoms with E-state index in [1.165, 1.54) is 18.9 Å². The van der Waals surface area contributed by atoms with Crippen molar-refractivity contribution in [3.05, 3.63) is 65.4 Å². The first kappa shape index (κ1) is 18.4. The van der Waals surface area contributed by atoms with Crippen LogP contribution in [0.2, 0.25) is 5.02 Å². The second kappa shape index (κ2) is 8.29. The summed E-state index contributed by atoms with van der Waals surface area (Å²) in [4.78, 5) is 17.0. The number of ether oxygens (including phenoxy) is 2. The number of nitrogens with zero attached hydrogens (tertiary/aromatic N) is 2. The molecule has 3 rings (SSSR count). The van der Waals surface area contributed by atoms with Crippen molar-refractivity contribution in [3.63, 3.8) is 0 Å². The number of thioether (sulfide) groups is 1. The maximum Gasteiger partial charge on any atom is 0.176 e. The van der Waals surface area contributed by atoms with Gasteiger partial charge in [0.05, 0.1) is 25.5 Å². The Balaban J connectivity index is 1.75. The third-order valence-electron chi connectivity index (χ3n) is 3.75. The molecule has 0 bridgehead atoms. The summed E-state index contributed by atoms with van der Waals surface area (Å²) in [5.74, 6) is 1.34. The van der Waals surface area contributed by atoms with Crippen molar-refractivity contribution >= 4 is 29.1 Å². The molecule has 0 atom stereocenters. The Labute approximate surface area is 160 Å². The molecule has 1 heterocycles. The van der Waals surface area contributed by atoms with E-state index in [2.05, 4.69) is 4.98 Å². The first-order valence-electron chi connectivity index (χ1n) is 7.79. The summed E-state index contributed by atoms with van der Waals surface area (Å²) in [6.07, 6.45) is 3.55. The topological polar surface area (TPSA) is 53.3 Å². The fraction of sp³-hybridized carbons (Fsp3) is 0.158. The van der Waals surface area contributed by atoms with E-state index in [1.54, 1.807) is 31.5 Å². The first-order chi connectivity index (χ1) is 12.6. The van der Waals surface area contributed by atoms with Gasteiger partial charge in [-0.3, -0.25) is 9.36 Å². The van der Waals surface area contributed by atoms with Gasteiger partial charge in [-0.2, -0.15) is 0 Å². The lowest BCUT2D eigenvalue weighted by Gasteiger charge is -2.10. The van der Waals surface area contributed by atoms with Crippen LogP contribution in [0.25, 0.3) is 5.69 Å². The van der Waals surface area contributed by atoms with Crippen LogP contribution < -0.4 is 9.47 Å². The molecular formula is C19H17ClN2O3S. The highest BCUT2D eigenvalue weighted by atomic mass is 35.5. The zero-order chi connectivity index (χ0) is 18.5. The van der Waals surface area contributed by atoms with Crippen LogP contribution in [0.15, 0.2) is 60.0 Å². The highest BCUT2D eigenvalue weighted by Gasteiger charge is 2.15. The fourth-order valence-corrected chi connectivity index (χ4v) is 3.41. The largest absolute Gasteiger partial charge is 0.497 e. The minimum Gasteiger partial charge on any atom is -0.497 e. The molecule has 26 heavy (non-hydrogen) atoms. The molecule has 0 aliphatic carbocycles. The standard InChI is InChI=1S/C19H17ClN2O3S/c1-24-15-7-8-16(18(11-15)25-2)17(23)12-26-19-21-9-10-22(19)14-5-3-13(20)4-6-14/h3-11H,12H2,1-2H3. The number of halogens is 1. The Hall–Kier alpha value is -2.44. The molecule has 0 saturated carbocycles. The van der Waals surface area contributed by atoms with E-state index in [0.29, 0.717) is 22.1 Å². The molecule has 7 heteroatoms. The first-order valence-corrected chi connectivity index (χ1v) is 9.16. The average Bonchev–Trinajstić information content (AvgIpc) is 3.14. The summed E-state index contributed by atoms with van der Waals surface area (Å²) < 4.78 is 12.4. The number of methoxy groups -OCH3 is 2. The number of aromatic nitrogens is 2. The van der Waals surface area contributed by atoms with Crippen LogP contribution in [0.5, 0.6) is 11.5 Å². The van der Waals surface area contributed by atoms with Crippen molar-refractivity contribution < 1.29 is 14.3 Å². The van der Waals surface area contributed by atoms with Gasteiger partial charge in [-0.25, -0.2) is 4.98 Å². The Morgan fingerprint density at radius 2 is 1.92 bits per heavy atom. The number of rotatable bonds is 7. The second-order valence-corrected chi connectivity index (χ2v) is 6.71. The molecule has 0 aliphatic rings. The van der Waals surface area contributed by atoms with Gasteiger partial charge in [0.1, 0.15) is 11.5 Å². The van der Waals surface area contributed by atoms with E-state index in [9.17, 15) is 4.79 Å². The van der Waals surface area contributed by atoms with E-state index < -0.39 is 0 Å². The van der Waals surface area contributed by atoms with Crippen LogP contribution in [0.4, 0.5) is 0 Å². The number of carbonyl (C=O) groups excluding carboxylic acids is 1. The Kier molecular flexibility index (Phi) is 5.85. The summed E-state index contributed by atoms with van der Waals surface area (Å²) >= 11 is 7.31. The highest BCUT2D eigenvalue weighted by molar-refractivity contribution is 7.99. The SMILES string of the molecule is COc1ccc(C(=O)CSc2nccn2-c2ccc(Cl)cc2)c(OC)c1. The molecule has 2 aromatic carbocycles. The third-order valence-corrected chi connectivity index (χ3v) is 4.97. The van der Waals surface area contributed by atoms with Gasteiger partial charge in [0.2, 0.25) is 0 Å². The van der Waals surface area contributed by atoms with Gasteiger partial charge in [-0.1, -0.05) is 23.4 Å². The quantitative estimate of drug-likeness (QED) is 0.440. The van der Waals surface area contributed by atoms with E-state index in [4.69, 9.17) is 21.1 Å². The summed E-state index contributed by atoms with van der Waals surface area (Å²) in [6.45, 7) is 0. The van der Waals surface area contributed by atoms with Gasteiger partial charge in [0.25, 0.3) is 0 Å². The smallest absolute Gasteiger partial charge is 0.176 e. The molecule has 0 unspecified atom stereocenters. The number of Topliss-reactive ketones (excluding diaryl/α,β-unsaturated/α-hetero) is 1. The molecule has 0 spiro atoms. The molecule has 1 aromatic heterocycles. The van der Waals surface area contributed by atoms with Crippen LogP contribution in [-0.4, -0.2) is 35.3 Å². The fourth-order valence-electron chi connectivity index (χ4n) is 2.43. The number of ketones is 1. The van der Waals surface area contributed by atoms with Gasteiger partial charge in [-0.15, -0.1) is 0 Å². The number of hydrogen-bond donors (Lipinski definition) is 0. The van der Waals surface area contributed by atoms with Gasteiger partial charge in [0, 0.05) is 29.2 Å². The van der Waals surface area contributed by atoms with Gasteiger partial charge in [0.15, 0.2) is 10.9 Å². The van der Waals surface area contributed by atoms with Gasteiger partial charge < -0.3 is 9.47 Å². The van der Waals surface area contributed by atoms with Gasteiger partial charge >= 0.3 is 0 Å². The van der Waals surface area contributed by atoms with Crippen LogP contribution in [0.3, 0.4) is 0 Å². The van der Waals surface area contributed by atoms with Crippen LogP contribution >= 0.6 is 23.4 Å². The number of imidazole rings is 1. The molecule has 0 N–H and O–H groups in total. The normalized spacial score (nSPS) is 10.6. The molecule has 5 nitrogen and oxygen atoms in total. The van der Waals surface area contributed by atoms with Crippen molar-refractivity contribution in [1.29, 1.82) is 0 Å². The Morgan fingerprint density at radius 3 is 2.62 bits per heavy atom. The lowest BCUT2D eigenvalue weighted by Crippen LogP contribution is -2.06. The monoisotopic (exact) mass is 388 g/mol. The molecule has 0 aliphatic heterocycles. The summed E-state index contributed by atoms with van der Waals surface area (Å²) in [5.41, 5.74) is 1.45. The summed E-state index contributed by atoms with van der Waals surface area (Å²) in [5, 5.41) is 1.40. The van der Waals surface area contributed by atoms with Crippen LogP contribution in [0, 0.1) is 0 Å². The highest BCUT2D eigenvalue weighted by Crippen LogP contribution is 2.28. The lowest BCUT2D eigenvalue weighted by molar-refractivity contribution is 0.101. The number of hydrogen-bond acceptors (Lipinski definition) is 5. The molecule has 0 radical (unpaired) electrons. The predicted molar refractivity (Wildman–Crippen MR) is 103 cm³/mol. The Morgan fingerprint density at radius 1 is 1.15 bits per heavy atom. The molecule has 0 fully saturated rings. The number of carbonyl (C=O) groups is 1. The average molecular weight is 389 g/mol. The zero-order valence-electron chi connectivity index (χ0n) is 14.3. The lowest BCUT2D eigenvalue weighted by atomic mass is 10.1. The maximum absolute atomic E-state index is 12.6. The number of benzene rings is 2. The minimum absolute atomic E-state index is 0.0415. The molecule has 0 saturated heterocycles. The molecule has 134 valence electrons.